The second-order valence-electron chi connectivity index (χ2n) is 6.29. The van der Waals surface area contributed by atoms with E-state index in [1.54, 1.807) is 6.92 Å². The van der Waals surface area contributed by atoms with Crippen molar-refractivity contribution in [3.8, 4) is 0 Å². The number of aryl methyl sites for hydroxylation is 1. The number of carbonyl (C=O) groups is 2. The fourth-order valence-corrected chi connectivity index (χ4v) is 1.70. The molecule has 1 aromatic rings. The Labute approximate surface area is 129 Å². The molecule has 8 nitrogen and oxygen atoms in total. The van der Waals surface area contributed by atoms with E-state index in [1.807, 2.05) is 20.8 Å². The number of hydrogen-bond donors (Lipinski definition) is 2. The molecule has 0 radical (unpaired) electrons. The molecule has 8 heteroatoms. The van der Waals surface area contributed by atoms with Crippen molar-refractivity contribution >= 4 is 11.9 Å². The number of carboxylic acids is 1. The van der Waals surface area contributed by atoms with Gasteiger partial charge < -0.3 is 19.7 Å². The summed E-state index contributed by atoms with van der Waals surface area (Å²) in [6, 6.07) is -0.916. The summed E-state index contributed by atoms with van der Waals surface area (Å²) in [5.74, 6) is -0.785. The van der Waals surface area contributed by atoms with Gasteiger partial charge in [-0.2, -0.15) is 4.98 Å². The lowest BCUT2D eigenvalue weighted by molar-refractivity contribution is -0.143. The quantitative estimate of drug-likeness (QED) is 0.743. The Kier molecular flexibility index (Phi) is 6.48. The van der Waals surface area contributed by atoms with Crippen molar-refractivity contribution in [1.29, 1.82) is 0 Å². The second kappa shape index (κ2) is 7.88. The molecule has 124 valence electrons. The van der Waals surface area contributed by atoms with E-state index >= 15 is 0 Å². The molecule has 1 rings (SSSR count). The minimum atomic E-state index is -1.05. The maximum Gasteiger partial charge on any atom is 0.326 e. The number of nitrogens with zero attached hydrogens (tertiary/aromatic N) is 2. The first-order valence-corrected chi connectivity index (χ1v) is 7.06. The van der Waals surface area contributed by atoms with Gasteiger partial charge in [-0.15, -0.1) is 0 Å². The Morgan fingerprint density at radius 1 is 1.41 bits per heavy atom. The topological polar surface area (TPSA) is 115 Å². The molecule has 0 aliphatic heterocycles. The third-order valence-corrected chi connectivity index (χ3v) is 2.84. The molecule has 1 heterocycles. The Morgan fingerprint density at radius 3 is 2.59 bits per heavy atom. The zero-order valence-electron chi connectivity index (χ0n) is 13.4. The summed E-state index contributed by atoms with van der Waals surface area (Å²) >= 11 is 0. The molecule has 1 amide bonds. The van der Waals surface area contributed by atoms with Crippen LogP contribution in [0.3, 0.4) is 0 Å². The number of nitrogens with one attached hydrogen (secondary N) is 1. The van der Waals surface area contributed by atoms with Crippen molar-refractivity contribution in [3.05, 3.63) is 11.7 Å². The lowest BCUT2D eigenvalue weighted by Crippen LogP contribution is -2.42. The molecule has 1 unspecified atom stereocenters. The first kappa shape index (κ1) is 18.1. The van der Waals surface area contributed by atoms with E-state index in [4.69, 9.17) is 14.4 Å². The molecule has 0 saturated carbocycles. The van der Waals surface area contributed by atoms with Crippen LogP contribution in [-0.2, 0) is 20.9 Å². The van der Waals surface area contributed by atoms with Gasteiger partial charge >= 0.3 is 5.97 Å². The molecule has 1 aromatic heterocycles. The van der Waals surface area contributed by atoms with Crippen LogP contribution < -0.4 is 5.32 Å². The summed E-state index contributed by atoms with van der Waals surface area (Å²) in [5.41, 5.74) is 0.00471. The van der Waals surface area contributed by atoms with Crippen LogP contribution in [0.4, 0.5) is 0 Å². The number of carbonyl (C=O) groups excluding carboxylic acids is 1. The van der Waals surface area contributed by atoms with Gasteiger partial charge in [0.1, 0.15) is 19.3 Å². The highest BCUT2D eigenvalue weighted by Gasteiger charge is 2.22. The van der Waals surface area contributed by atoms with Gasteiger partial charge in [-0.25, -0.2) is 4.79 Å². The number of ether oxygens (including phenoxy) is 1. The van der Waals surface area contributed by atoms with Gasteiger partial charge in [0.2, 0.25) is 5.91 Å². The third-order valence-electron chi connectivity index (χ3n) is 2.84. The molecule has 2 N–H and O–H groups in total. The van der Waals surface area contributed by atoms with E-state index in [0.29, 0.717) is 18.7 Å². The number of aliphatic carboxylic acids is 1. The maximum absolute atomic E-state index is 11.7. The number of amides is 1. The van der Waals surface area contributed by atoms with Gasteiger partial charge in [0.25, 0.3) is 5.89 Å². The Morgan fingerprint density at radius 2 is 2.09 bits per heavy atom. The summed E-state index contributed by atoms with van der Waals surface area (Å²) in [6.07, 6.45) is 1.06. The maximum atomic E-state index is 11.7. The fourth-order valence-electron chi connectivity index (χ4n) is 1.70. The van der Waals surface area contributed by atoms with Gasteiger partial charge in [0, 0.05) is 0 Å². The fraction of sp³-hybridized carbons (Fsp3) is 0.714. The van der Waals surface area contributed by atoms with Gasteiger partial charge in [-0.1, -0.05) is 25.9 Å². The monoisotopic (exact) mass is 313 g/mol. The van der Waals surface area contributed by atoms with Crippen LogP contribution in [0.2, 0.25) is 0 Å². The molecule has 0 aromatic carbocycles. The van der Waals surface area contributed by atoms with Gasteiger partial charge in [-0.05, 0) is 25.2 Å². The first-order chi connectivity index (χ1) is 10.2. The van der Waals surface area contributed by atoms with E-state index in [-0.39, 0.29) is 24.5 Å². The molecule has 0 saturated heterocycles. The first-order valence-electron chi connectivity index (χ1n) is 7.06. The molecule has 22 heavy (non-hydrogen) atoms. The molecular formula is C14H23N3O5. The molecule has 0 aliphatic carbocycles. The summed E-state index contributed by atoms with van der Waals surface area (Å²) in [5, 5.41) is 15.2. The van der Waals surface area contributed by atoms with Crippen molar-refractivity contribution in [2.75, 3.05) is 6.61 Å². The minimum Gasteiger partial charge on any atom is -0.480 e. The average molecular weight is 313 g/mol. The van der Waals surface area contributed by atoms with E-state index in [1.165, 1.54) is 0 Å². The highest BCUT2D eigenvalue weighted by Crippen LogP contribution is 2.21. The standard InChI is InChI=1S/C14H23N3O5/c1-9-15-12(22-17-9)8-21-7-11(18)16-10(13(19)20)5-6-14(2,3)4/h10H,5-8H2,1-4H3,(H,16,18)(H,19,20). The zero-order chi connectivity index (χ0) is 16.8. The van der Waals surface area contributed by atoms with E-state index < -0.39 is 17.9 Å². The largest absolute Gasteiger partial charge is 0.480 e. The predicted octanol–water partition coefficient (Wildman–Crippen LogP) is 1.29. The van der Waals surface area contributed by atoms with Crippen LogP contribution in [0, 0.1) is 12.3 Å². The SMILES string of the molecule is Cc1noc(COCC(=O)NC(CCC(C)(C)C)C(=O)O)n1. The van der Waals surface area contributed by atoms with Gasteiger partial charge in [0.05, 0.1) is 0 Å². The molecule has 1 atom stereocenters. The van der Waals surface area contributed by atoms with Crippen molar-refractivity contribution < 1.29 is 24.0 Å². The minimum absolute atomic E-state index is 0.00471. The summed E-state index contributed by atoms with van der Waals surface area (Å²) in [4.78, 5) is 26.8. The van der Waals surface area contributed by atoms with Crippen LogP contribution in [-0.4, -0.2) is 39.8 Å². The number of aromatic nitrogens is 2. The Hall–Kier alpha value is -1.96. The number of carboxylic acid groups (broad SMARTS) is 1. The summed E-state index contributed by atoms with van der Waals surface area (Å²) < 4.78 is 9.95. The Balaban J connectivity index is 2.35. The van der Waals surface area contributed by atoms with Crippen LogP contribution in [0.1, 0.15) is 45.3 Å². The Bertz CT molecular complexity index is 507. The van der Waals surface area contributed by atoms with Crippen molar-refractivity contribution in [2.24, 2.45) is 5.41 Å². The normalized spacial score (nSPS) is 12.9. The van der Waals surface area contributed by atoms with Crippen LogP contribution in [0.25, 0.3) is 0 Å². The highest BCUT2D eigenvalue weighted by molar-refractivity contribution is 5.84. The van der Waals surface area contributed by atoms with Gasteiger partial charge in [0.15, 0.2) is 5.82 Å². The highest BCUT2D eigenvalue weighted by atomic mass is 16.5. The lowest BCUT2D eigenvalue weighted by atomic mass is 9.88. The molecular weight excluding hydrogens is 290 g/mol. The van der Waals surface area contributed by atoms with E-state index in [0.717, 1.165) is 0 Å². The zero-order valence-corrected chi connectivity index (χ0v) is 13.4. The molecule has 0 spiro atoms. The molecule has 0 aliphatic rings. The number of hydrogen-bond acceptors (Lipinski definition) is 6. The van der Waals surface area contributed by atoms with Crippen molar-refractivity contribution in [1.82, 2.24) is 15.5 Å². The molecule has 0 bridgehead atoms. The van der Waals surface area contributed by atoms with Crippen molar-refractivity contribution in [2.45, 2.75) is 53.2 Å². The van der Waals surface area contributed by atoms with Crippen LogP contribution >= 0.6 is 0 Å². The summed E-state index contributed by atoms with van der Waals surface area (Å²) in [6.45, 7) is 7.47. The van der Waals surface area contributed by atoms with E-state index in [2.05, 4.69) is 15.5 Å². The second-order valence-corrected chi connectivity index (χ2v) is 6.29. The summed E-state index contributed by atoms with van der Waals surface area (Å²) in [7, 11) is 0. The smallest absolute Gasteiger partial charge is 0.326 e. The third kappa shape index (κ3) is 7.16. The molecule has 0 fully saturated rings. The van der Waals surface area contributed by atoms with E-state index in [9.17, 15) is 9.59 Å². The number of rotatable bonds is 8. The van der Waals surface area contributed by atoms with Gasteiger partial charge in [-0.3, -0.25) is 4.79 Å². The van der Waals surface area contributed by atoms with Crippen LogP contribution in [0.15, 0.2) is 4.52 Å². The van der Waals surface area contributed by atoms with Crippen molar-refractivity contribution in [3.63, 3.8) is 0 Å². The van der Waals surface area contributed by atoms with Crippen LogP contribution in [0.5, 0.6) is 0 Å². The lowest BCUT2D eigenvalue weighted by Gasteiger charge is -2.21. The average Bonchev–Trinajstić information content (AvgIpc) is 2.79. The predicted molar refractivity (Wildman–Crippen MR) is 76.9 cm³/mol.